The molecule has 7 heteroatoms. The highest BCUT2D eigenvalue weighted by Gasteiger charge is 2.18. The third-order valence-electron chi connectivity index (χ3n) is 4.70. The van der Waals surface area contributed by atoms with Crippen molar-refractivity contribution in [2.45, 2.75) is 39.8 Å². The summed E-state index contributed by atoms with van der Waals surface area (Å²) in [5, 5.41) is 6.55. The summed E-state index contributed by atoms with van der Waals surface area (Å²) in [7, 11) is 0. The molecule has 27 heavy (non-hydrogen) atoms. The second-order valence-corrected chi connectivity index (χ2v) is 9.38. The molecule has 4 rings (SSSR count). The highest BCUT2D eigenvalue weighted by molar-refractivity contribution is 7.18. The molecule has 0 spiro atoms. The highest BCUT2D eigenvalue weighted by atomic mass is 32.1. The third-order valence-corrected chi connectivity index (χ3v) is 5.68. The summed E-state index contributed by atoms with van der Waals surface area (Å²) in [5.74, 6) is -0.0346. The first-order chi connectivity index (χ1) is 12.9. The van der Waals surface area contributed by atoms with E-state index < -0.39 is 0 Å². The molecule has 1 amide bonds. The molecule has 1 aliphatic heterocycles. The maximum Gasteiger partial charge on any atom is 0.263 e. The van der Waals surface area contributed by atoms with Crippen molar-refractivity contribution in [2.24, 2.45) is 5.41 Å². The predicted molar refractivity (Wildman–Crippen MR) is 108 cm³/mol. The number of nitrogens with one attached hydrogen (secondary N) is 2. The number of amides is 1. The number of fused-ring (bicyclic) bond motifs is 3. The predicted octanol–water partition coefficient (Wildman–Crippen LogP) is 3.20. The molecule has 0 unspecified atom stereocenters. The van der Waals surface area contributed by atoms with E-state index in [1.165, 1.54) is 16.9 Å². The van der Waals surface area contributed by atoms with Crippen LogP contribution in [-0.2, 0) is 11.3 Å². The molecular weight excluding hydrogens is 360 g/mol. The largest absolute Gasteiger partial charge is 0.380 e. The standard InChI is InChI=1S/C20H26N4O2S/c1-20(2,3)12-22-18(25)17-10-24-16-8-13(9-21-14-6-7-26-11-14)4-5-15(16)23-19(24)27-17/h4-5,8,10,14,21H,6-7,9,11-12H2,1-3H3,(H,22,25)/t14-/m1/s1. The number of aromatic nitrogens is 2. The number of hydrogen-bond donors (Lipinski definition) is 2. The summed E-state index contributed by atoms with van der Waals surface area (Å²) in [6.07, 6.45) is 2.96. The van der Waals surface area contributed by atoms with E-state index in [4.69, 9.17) is 4.74 Å². The third kappa shape index (κ3) is 4.15. The van der Waals surface area contributed by atoms with Crippen LogP contribution in [0.1, 0.15) is 42.4 Å². The van der Waals surface area contributed by atoms with Crippen molar-refractivity contribution in [2.75, 3.05) is 19.8 Å². The number of carbonyl (C=O) groups is 1. The first-order valence-corrected chi connectivity index (χ1v) is 10.2. The van der Waals surface area contributed by atoms with Gasteiger partial charge in [0.1, 0.15) is 4.88 Å². The zero-order valence-electron chi connectivity index (χ0n) is 16.0. The minimum Gasteiger partial charge on any atom is -0.380 e. The van der Waals surface area contributed by atoms with Crippen molar-refractivity contribution in [1.82, 2.24) is 20.0 Å². The molecule has 144 valence electrons. The number of imidazole rings is 1. The monoisotopic (exact) mass is 386 g/mol. The summed E-state index contributed by atoms with van der Waals surface area (Å²) in [5.41, 5.74) is 3.27. The van der Waals surface area contributed by atoms with Gasteiger partial charge in [-0.05, 0) is 29.5 Å². The lowest BCUT2D eigenvalue weighted by Gasteiger charge is -2.18. The lowest BCUT2D eigenvalue weighted by atomic mass is 9.97. The lowest BCUT2D eigenvalue weighted by Crippen LogP contribution is -2.31. The van der Waals surface area contributed by atoms with Crippen LogP contribution in [0.15, 0.2) is 24.4 Å². The Morgan fingerprint density at radius 1 is 1.41 bits per heavy atom. The van der Waals surface area contributed by atoms with E-state index in [0.29, 0.717) is 17.5 Å². The molecule has 6 nitrogen and oxygen atoms in total. The minimum absolute atomic E-state index is 0.0346. The Morgan fingerprint density at radius 3 is 3.00 bits per heavy atom. The van der Waals surface area contributed by atoms with E-state index in [0.717, 1.165) is 42.2 Å². The summed E-state index contributed by atoms with van der Waals surface area (Å²) in [4.78, 5) is 18.7. The van der Waals surface area contributed by atoms with Crippen LogP contribution < -0.4 is 10.6 Å². The molecule has 3 heterocycles. The molecule has 2 N–H and O–H groups in total. The van der Waals surface area contributed by atoms with Gasteiger partial charge in [0.15, 0.2) is 4.96 Å². The Kier molecular flexibility index (Phi) is 4.92. The molecule has 0 radical (unpaired) electrons. The van der Waals surface area contributed by atoms with Crippen molar-refractivity contribution in [3.63, 3.8) is 0 Å². The average Bonchev–Trinajstić information content (AvgIpc) is 3.33. The Hall–Kier alpha value is -1.96. The van der Waals surface area contributed by atoms with Gasteiger partial charge in [-0.15, -0.1) is 0 Å². The quantitative estimate of drug-likeness (QED) is 0.707. The zero-order chi connectivity index (χ0) is 19.0. The van der Waals surface area contributed by atoms with Gasteiger partial charge in [-0.3, -0.25) is 9.20 Å². The Morgan fingerprint density at radius 2 is 2.26 bits per heavy atom. The van der Waals surface area contributed by atoms with Crippen LogP contribution in [0.25, 0.3) is 16.0 Å². The molecule has 1 fully saturated rings. The molecule has 2 aromatic heterocycles. The normalized spacial score (nSPS) is 17.8. The number of thiazole rings is 1. The molecule has 1 aromatic carbocycles. The Bertz CT molecular complexity index is 964. The van der Waals surface area contributed by atoms with Gasteiger partial charge in [0.05, 0.1) is 17.6 Å². The van der Waals surface area contributed by atoms with Gasteiger partial charge in [0.25, 0.3) is 5.91 Å². The molecule has 1 atom stereocenters. The summed E-state index contributed by atoms with van der Waals surface area (Å²) in [6.45, 7) is 9.40. The summed E-state index contributed by atoms with van der Waals surface area (Å²) in [6, 6.07) is 6.75. The van der Waals surface area contributed by atoms with Crippen molar-refractivity contribution < 1.29 is 9.53 Å². The van der Waals surface area contributed by atoms with E-state index in [1.807, 2.05) is 10.6 Å². The van der Waals surface area contributed by atoms with Gasteiger partial charge in [0, 0.05) is 31.9 Å². The SMILES string of the molecule is CC(C)(C)CNC(=O)c1cn2c(nc3ccc(CN[C@@H]4CCOC4)cc32)s1. The number of nitrogens with zero attached hydrogens (tertiary/aromatic N) is 2. The minimum atomic E-state index is -0.0346. The Balaban J connectivity index is 1.54. The number of rotatable bonds is 5. The van der Waals surface area contributed by atoms with E-state index >= 15 is 0 Å². The van der Waals surface area contributed by atoms with Crippen molar-refractivity contribution in [1.29, 1.82) is 0 Å². The fourth-order valence-electron chi connectivity index (χ4n) is 3.16. The van der Waals surface area contributed by atoms with Gasteiger partial charge in [-0.2, -0.15) is 0 Å². The summed E-state index contributed by atoms with van der Waals surface area (Å²) >= 11 is 1.43. The zero-order valence-corrected chi connectivity index (χ0v) is 16.9. The molecule has 1 aliphatic rings. The van der Waals surface area contributed by atoms with Crippen molar-refractivity contribution in [3.8, 4) is 0 Å². The molecule has 0 saturated carbocycles. The van der Waals surface area contributed by atoms with Gasteiger partial charge in [0.2, 0.25) is 0 Å². The fourth-order valence-corrected chi connectivity index (χ4v) is 4.07. The van der Waals surface area contributed by atoms with Crippen LogP contribution in [0.3, 0.4) is 0 Å². The number of carbonyl (C=O) groups excluding carboxylic acids is 1. The van der Waals surface area contributed by atoms with Gasteiger partial charge < -0.3 is 15.4 Å². The second-order valence-electron chi connectivity index (χ2n) is 8.37. The van der Waals surface area contributed by atoms with Crippen LogP contribution >= 0.6 is 11.3 Å². The van der Waals surface area contributed by atoms with Crippen LogP contribution in [-0.4, -0.2) is 41.1 Å². The molecule has 0 bridgehead atoms. The Labute approximate surface area is 162 Å². The van der Waals surface area contributed by atoms with E-state index in [9.17, 15) is 4.79 Å². The van der Waals surface area contributed by atoms with Crippen LogP contribution in [0, 0.1) is 5.41 Å². The van der Waals surface area contributed by atoms with Crippen molar-refractivity contribution in [3.05, 3.63) is 34.8 Å². The first kappa shape index (κ1) is 18.4. The fraction of sp³-hybridized carbons (Fsp3) is 0.500. The van der Waals surface area contributed by atoms with E-state index in [2.05, 4.69) is 54.6 Å². The first-order valence-electron chi connectivity index (χ1n) is 9.39. The van der Waals surface area contributed by atoms with Gasteiger partial charge in [-0.25, -0.2) is 4.98 Å². The molecular formula is C20H26N4O2S. The number of hydrogen-bond acceptors (Lipinski definition) is 5. The number of benzene rings is 1. The van der Waals surface area contributed by atoms with Gasteiger partial charge in [-0.1, -0.05) is 38.2 Å². The lowest BCUT2D eigenvalue weighted by molar-refractivity contribution is 0.0943. The van der Waals surface area contributed by atoms with Crippen LogP contribution in [0.2, 0.25) is 0 Å². The molecule has 3 aromatic rings. The van der Waals surface area contributed by atoms with Crippen LogP contribution in [0.4, 0.5) is 0 Å². The van der Waals surface area contributed by atoms with E-state index in [-0.39, 0.29) is 11.3 Å². The topological polar surface area (TPSA) is 67.7 Å². The second kappa shape index (κ2) is 7.22. The maximum atomic E-state index is 12.4. The van der Waals surface area contributed by atoms with Crippen molar-refractivity contribution >= 4 is 33.2 Å². The molecule has 0 aliphatic carbocycles. The van der Waals surface area contributed by atoms with Gasteiger partial charge >= 0.3 is 0 Å². The maximum absolute atomic E-state index is 12.4. The average molecular weight is 387 g/mol. The highest BCUT2D eigenvalue weighted by Crippen LogP contribution is 2.25. The number of ether oxygens (including phenoxy) is 1. The smallest absolute Gasteiger partial charge is 0.263 e. The van der Waals surface area contributed by atoms with E-state index in [1.54, 1.807) is 0 Å². The molecule has 1 saturated heterocycles. The van der Waals surface area contributed by atoms with Crippen LogP contribution in [0.5, 0.6) is 0 Å². The summed E-state index contributed by atoms with van der Waals surface area (Å²) < 4.78 is 7.44.